The minimum atomic E-state index is -0.446. The zero-order valence-electron chi connectivity index (χ0n) is 13.6. The van der Waals surface area contributed by atoms with Gasteiger partial charge in [-0.1, -0.05) is 17.7 Å². The van der Waals surface area contributed by atoms with Gasteiger partial charge in [-0.3, -0.25) is 4.79 Å². The fraction of sp³-hybridized carbons (Fsp3) is 0.0526. The van der Waals surface area contributed by atoms with E-state index in [-0.39, 0.29) is 5.91 Å². The van der Waals surface area contributed by atoms with Crippen molar-refractivity contribution in [3.63, 3.8) is 0 Å². The number of ether oxygens (including phenoxy) is 1. The summed E-state index contributed by atoms with van der Waals surface area (Å²) in [6.07, 6.45) is 0. The minimum Gasteiger partial charge on any atom is -0.422 e. The first-order chi connectivity index (χ1) is 12.4. The number of anilines is 1. The number of aryl methyl sites for hydroxylation is 1. The Bertz CT molecular complexity index is 930. The van der Waals surface area contributed by atoms with E-state index in [1.807, 2.05) is 31.2 Å². The molecule has 0 saturated heterocycles. The molecule has 0 atom stereocenters. The molecule has 26 heavy (non-hydrogen) atoms. The van der Waals surface area contributed by atoms with Crippen LogP contribution >= 0.6 is 43.2 Å². The average Bonchev–Trinajstić information content (AvgIpc) is 2.97. The SMILES string of the molecule is Cc1ccc(NC(=O)c2ccc(OC(=O)c3cc(Br)c(Br)s3)cc2)cc1. The topological polar surface area (TPSA) is 55.4 Å². The highest BCUT2D eigenvalue weighted by Crippen LogP contribution is 2.33. The van der Waals surface area contributed by atoms with Crippen LogP contribution in [0.15, 0.2) is 62.9 Å². The molecule has 0 spiro atoms. The molecule has 3 aromatic rings. The molecule has 3 rings (SSSR count). The second kappa shape index (κ2) is 8.16. The molecule has 7 heteroatoms. The molecule has 0 radical (unpaired) electrons. The predicted molar refractivity (Wildman–Crippen MR) is 110 cm³/mol. The first-order valence-electron chi connectivity index (χ1n) is 7.57. The Morgan fingerprint density at radius 2 is 1.65 bits per heavy atom. The molecule has 0 fully saturated rings. The molecular formula is C19H13Br2NO3S. The van der Waals surface area contributed by atoms with Gasteiger partial charge in [0.25, 0.3) is 5.91 Å². The van der Waals surface area contributed by atoms with E-state index in [9.17, 15) is 9.59 Å². The lowest BCUT2D eigenvalue weighted by Gasteiger charge is -2.07. The number of esters is 1. The normalized spacial score (nSPS) is 10.4. The van der Waals surface area contributed by atoms with Crippen molar-refractivity contribution in [3.05, 3.63) is 78.9 Å². The maximum Gasteiger partial charge on any atom is 0.353 e. The summed E-state index contributed by atoms with van der Waals surface area (Å²) in [6.45, 7) is 1.99. The van der Waals surface area contributed by atoms with Crippen LogP contribution in [0.3, 0.4) is 0 Å². The van der Waals surface area contributed by atoms with Crippen LogP contribution in [0.25, 0.3) is 0 Å². The quantitative estimate of drug-likeness (QED) is 0.354. The lowest BCUT2D eigenvalue weighted by molar-refractivity contribution is 0.0739. The summed E-state index contributed by atoms with van der Waals surface area (Å²) in [5.74, 6) is -0.293. The fourth-order valence-electron chi connectivity index (χ4n) is 2.12. The van der Waals surface area contributed by atoms with Crippen molar-refractivity contribution in [2.24, 2.45) is 0 Å². The van der Waals surface area contributed by atoms with Gasteiger partial charge in [-0.15, -0.1) is 11.3 Å². The van der Waals surface area contributed by atoms with Gasteiger partial charge in [-0.25, -0.2) is 4.79 Å². The van der Waals surface area contributed by atoms with E-state index in [1.165, 1.54) is 11.3 Å². The van der Waals surface area contributed by atoms with Crippen LogP contribution in [-0.2, 0) is 0 Å². The average molecular weight is 495 g/mol. The highest BCUT2D eigenvalue weighted by atomic mass is 79.9. The molecular weight excluding hydrogens is 482 g/mol. The Kier molecular flexibility index (Phi) is 5.90. The van der Waals surface area contributed by atoms with E-state index < -0.39 is 5.97 Å². The van der Waals surface area contributed by atoms with Gasteiger partial charge in [0, 0.05) is 15.7 Å². The Hall–Kier alpha value is -1.96. The second-order valence-corrected chi connectivity index (χ2v) is 8.69. The van der Waals surface area contributed by atoms with Gasteiger partial charge in [0.05, 0.1) is 3.79 Å². The Morgan fingerprint density at radius 1 is 1.00 bits per heavy atom. The van der Waals surface area contributed by atoms with E-state index in [1.54, 1.807) is 30.3 Å². The molecule has 0 aliphatic rings. The van der Waals surface area contributed by atoms with Crippen LogP contribution in [0.1, 0.15) is 25.6 Å². The van der Waals surface area contributed by atoms with Crippen molar-refractivity contribution in [1.82, 2.24) is 0 Å². The van der Waals surface area contributed by atoms with Crippen molar-refractivity contribution in [2.45, 2.75) is 6.92 Å². The molecule has 2 aromatic carbocycles. The van der Waals surface area contributed by atoms with E-state index in [0.717, 1.165) is 19.5 Å². The number of amides is 1. The predicted octanol–water partition coefficient (Wildman–Crippen LogP) is 6.05. The molecule has 0 aliphatic carbocycles. The Morgan fingerprint density at radius 3 is 2.23 bits per heavy atom. The number of nitrogens with one attached hydrogen (secondary N) is 1. The van der Waals surface area contributed by atoms with Crippen molar-refractivity contribution in [1.29, 1.82) is 0 Å². The van der Waals surface area contributed by atoms with Gasteiger partial charge in [0.15, 0.2) is 0 Å². The standard InChI is InChI=1S/C19H13Br2NO3S/c1-11-2-6-13(7-3-11)22-18(23)12-4-8-14(9-5-12)25-19(24)16-10-15(20)17(21)26-16/h2-10H,1H3,(H,22,23). The minimum absolute atomic E-state index is 0.224. The van der Waals surface area contributed by atoms with Gasteiger partial charge in [0.1, 0.15) is 10.6 Å². The van der Waals surface area contributed by atoms with E-state index >= 15 is 0 Å². The van der Waals surface area contributed by atoms with E-state index in [4.69, 9.17) is 4.74 Å². The summed E-state index contributed by atoms with van der Waals surface area (Å²) < 4.78 is 6.96. The number of hydrogen-bond acceptors (Lipinski definition) is 4. The first-order valence-corrected chi connectivity index (χ1v) is 9.98. The third-order valence-electron chi connectivity index (χ3n) is 3.48. The molecule has 0 saturated carbocycles. The molecule has 0 aliphatic heterocycles. The van der Waals surface area contributed by atoms with Crippen LogP contribution in [0.2, 0.25) is 0 Å². The summed E-state index contributed by atoms with van der Waals surface area (Å²) in [6, 6.07) is 15.7. The molecule has 1 amide bonds. The molecule has 0 bridgehead atoms. The number of halogens is 2. The van der Waals surface area contributed by atoms with Crippen LogP contribution in [0, 0.1) is 6.92 Å². The smallest absolute Gasteiger partial charge is 0.353 e. The van der Waals surface area contributed by atoms with Gasteiger partial charge in [-0.2, -0.15) is 0 Å². The number of thiophene rings is 1. The Labute approximate surface area is 171 Å². The lowest BCUT2D eigenvalue weighted by Crippen LogP contribution is -2.12. The number of hydrogen-bond donors (Lipinski definition) is 1. The van der Waals surface area contributed by atoms with Crippen LogP contribution in [0.4, 0.5) is 5.69 Å². The summed E-state index contributed by atoms with van der Waals surface area (Å²) in [4.78, 5) is 24.9. The molecule has 1 N–H and O–H groups in total. The molecule has 132 valence electrons. The van der Waals surface area contributed by atoms with Crippen molar-refractivity contribution in [2.75, 3.05) is 5.32 Å². The fourth-order valence-corrected chi connectivity index (χ4v) is 4.03. The van der Waals surface area contributed by atoms with Crippen LogP contribution in [0.5, 0.6) is 5.75 Å². The van der Waals surface area contributed by atoms with E-state index in [0.29, 0.717) is 16.2 Å². The number of carbonyl (C=O) groups is 2. The zero-order valence-corrected chi connectivity index (χ0v) is 17.6. The monoisotopic (exact) mass is 493 g/mol. The zero-order chi connectivity index (χ0) is 18.7. The summed E-state index contributed by atoms with van der Waals surface area (Å²) in [5, 5.41) is 2.83. The van der Waals surface area contributed by atoms with Crippen LogP contribution < -0.4 is 10.1 Å². The van der Waals surface area contributed by atoms with Gasteiger partial charge in [-0.05, 0) is 81.2 Å². The highest BCUT2D eigenvalue weighted by molar-refractivity contribution is 9.13. The van der Waals surface area contributed by atoms with Crippen molar-refractivity contribution >= 4 is 60.8 Å². The molecule has 4 nitrogen and oxygen atoms in total. The van der Waals surface area contributed by atoms with Crippen molar-refractivity contribution < 1.29 is 14.3 Å². The number of benzene rings is 2. The third kappa shape index (κ3) is 4.60. The number of carbonyl (C=O) groups excluding carboxylic acids is 2. The summed E-state index contributed by atoms with van der Waals surface area (Å²) in [5.41, 5.74) is 2.33. The first kappa shape index (κ1) is 18.8. The van der Waals surface area contributed by atoms with Crippen LogP contribution in [-0.4, -0.2) is 11.9 Å². The maximum atomic E-state index is 12.3. The molecule has 0 unspecified atom stereocenters. The Balaban J connectivity index is 1.65. The molecule has 1 heterocycles. The summed E-state index contributed by atoms with van der Waals surface area (Å²) >= 11 is 7.97. The van der Waals surface area contributed by atoms with Gasteiger partial charge in [0.2, 0.25) is 0 Å². The van der Waals surface area contributed by atoms with Gasteiger partial charge >= 0.3 is 5.97 Å². The van der Waals surface area contributed by atoms with Gasteiger partial charge < -0.3 is 10.1 Å². The largest absolute Gasteiger partial charge is 0.422 e. The maximum absolute atomic E-state index is 12.3. The van der Waals surface area contributed by atoms with E-state index in [2.05, 4.69) is 37.2 Å². The molecule has 1 aromatic heterocycles. The number of rotatable bonds is 4. The lowest BCUT2D eigenvalue weighted by atomic mass is 10.2. The third-order valence-corrected chi connectivity index (χ3v) is 6.72. The summed E-state index contributed by atoms with van der Waals surface area (Å²) in [7, 11) is 0. The highest BCUT2D eigenvalue weighted by Gasteiger charge is 2.15. The second-order valence-electron chi connectivity index (χ2n) is 5.47. The van der Waals surface area contributed by atoms with Crippen molar-refractivity contribution in [3.8, 4) is 5.75 Å².